The molecule has 1 aromatic heterocycles. The van der Waals surface area contributed by atoms with Crippen LogP contribution in [-0.2, 0) is 21.2 Å². The monoisotopic (exact) mass is 359 g/mol. The average molecular weight is 359 g/mol. The number of anilines is 1. The fourth-order valence-electron chi connectivity index (χ4n) is 2.82. The lowest BCUT2D eigenvalue weighted by Gasteiger charge is -2.15. The Labute approximate surface area is 147 Å². The van der Waals surface area contributed by atoms with Gasteiger partial charge >= 0.3 is 0 Å². The van der Waals surface area contributed by atoms with Crippen LogP contribution < -0.4 is 5.32 Å². The number of aryl methyl sites for hydroxylation is 1. The molecule has 0 atom stereocenters. The van der Waals surface area contributed by atoms with Crippen LogP contribution in [0.5, 0.6) is 0 Å². The summed E-state index contributed by atoms with van der Waals surface area (Å²) < 4.78 is 26.5. The third kappa shape index (κ3) is 4.43. The molecule has 1 N–H and O–H groups in total. The third-order valence-corrected chi connectivity index (χ3v) is 6.14. The molecule has 1 aliphatic heterocycles. The van der Waals surface area contributed by atoms with Crippen LogP contribution in [0.15, 0.2) is 53.7 Å². The summed E-state index contributed by atoms with van der Waals surface area (Å²) in [6.07, 6.45) is 5.97. The number of carbonyl (C=O) groups is 1. The minimum atomic E-state index is -3.38. The van der Waals surface area contributed by atoms with Gasteiger partial charge in [-0.15, -0.1) is 0 Å². The fourth-order valence-corrected chi connectivity index (χ4v) is 4.34. The van der Waals surface area contributed by atoms with Crippen molar-refractivity contribution in [2.75, 3.05) is 18.4 Å². The number of nitrogens with zero attached hydrogens (tertiary/aromatic N) is 2. The van der Waals surface area contributed by atoms with Gasteiger partial charge in [0.05, 0.1) is 4.90 Å². The molecule has 0 saturated carbocycles. The van der Waals surface area contributed by atoms with E-state index in [4.69, 9.17) is 0 Å². The number of nitrogens with one attached hydrogen (secondary N) is 1. The molecule has 7 heteroatoms. The van der Waals surface area contributed by atoms with Crippen LogP contribution in [0.1, 0.15) is 24.8 Å². The van der Waals surface area contributed by atoms with Crippen LogP contribution >= 0.6 is 0 Å². The standard InChI is InChI=1S/C18H21N3O3S/c22-18(20-16-9-11-19-12-10-16)8-5-15-3-6-17(7-4-15)25(23,24)21-13-1-2-14-21/h3-4,6-7,9-12H,1-2,5,8,13-14H2,(H,19,20,22). The van der Waals surface area contributed by atoms with E-state index in [1.807, 2.05) is 0 Å². The highest BCUT2D eigenvalue weighted by Crippen LogP contribution is 2.21. The van der Waals surface area contributed by atoms with E-state index in [-0.39, 0.29) is 5.91 Å². The van der Waals surface area contributed by atoms with Gasteiger partial charge in [-0.25, -0.2) is 8.42 Å². The Bertz CT molecular complexity index is 814. The molecule has 25 heavy (non-hydrogen) atoms. The Morgan fingerprint density at radius 2 is 1.68 bits per heavy atom. The SMILES string of the molecule is O=C(CCc1ccc(S(=O)(=O)N2CCCC2)cc1)Nc1ccncc1. The Morgan fingerprint density at radius 3 is 2.32 bits per heavy atom. The van der Waals surface area contributed by atoms with E-state index in [0.717, 1.165) is 18.4 Å². The van der Waals surface area contributed by atoms with E-state index in [1.54, 1.807) is 48.8 Å². The number of pyridine rings is 1. The van der Waals surface area contributed by atoms with Gasteiger partial charge in [-0.1, -0.05) is 12.1 Å². The van der Waals surface area contributed by atoms with Crippen LogP contribution in [0.2, 0.25) is 0 Å². The van der Waals surface area contributed by atoms with E-state index in [0.29, 0.717) is 36.5 Å². The highest BCUT2D eigenvalue weighted by Gasteiger charge is 2.26. The number of rotatable bonds is 6. The zero-order valence-electron chi connectivity index (χ0n) is 13.9. The summed E-state index contributed by atoms with van der Waals surface area (Å²) in [5, 5.41) is 2.80. The molecule has 0 spiro atoms. The minimum absolute atomic E-state index is 0.0834. The van der Waals surface area contributed by atoms with Crippen LogP contribution in [0, 0.1) is 0 Å². The lowest BCUT2D eigenvalue weighted by molar-refractivity contribution is -0.116. The Hall–Kier alpha value is -2.25. The van der Waals surface area contributed by atoms with Gasteiger partial charge in [0.25, 0.3) is 0 Å². The molecule has 6 nitrogen and oxygen atoms in total. The molecule has 1 aliphatic rings. The van der Waals surface area contributed by atoms with Crippen LogP contribution in [-0.4, -0.2) is 36.7 Å². The summed E-state index contributed by atoms with van der Waals surface area (Å²) in [6, 6.07) is 10.3. The number of aromatic nitrogens is 1. The molecule has 0 aliphatic carbocycles. The summed E-state index contributed by atoms with van der Waals surface area (Å²) in [4.78, 5) is 16.2. The van der Waals surface area contributed by atoms with Gasteiger partial charge in [-0.05, 0) is 49.1 Å². The number of benzene rings is 1. The van der Waals surface area contributed by atoms with Crippen LogP contribution in [0.3, 0.4) is 0 Å². The molecule has 132 valence electrons. The first-order valence-corrected chi connectivity index (χ1v) is 9.79. The van der Waals surface area contributed by atoms with E-state index < -0.39 is 10.0 Å². The second-order valence-corrected chi connectivity index (χ2v) is 7.98. The molecule has 1 saturated heterocycles. The minimum Gasteiger partial charge on any atom is -0.326 e. The summed E-state index contributed by atoms with van der Waals surface area (Å²) in [7, 11) is -3.38. The molecule has 1 amide bonds. The molecule has 3 rings (SSSR count). The smallest absolute Gasteiger partial charge is 0.243 e. The van der Waals surface area contributed by atoms with Gasteiger partial charge in [0.15, 0.2) is 0 Å². The zero-order chi connectivity index (χ0) is 17.7. The second kappa shape index (κ2) is 7.76. The Kier molecular flexibility index (Phi) is 5.45. The number of amides is 1. The normalized spacial score (nSPS) is 15.2. The first-order chi connectivity index (χ1) is 12.1. The number of carbonyl (C=O) groups excluding carboxylic acids is 1. The lowest BCUT2D eigenvalue weighted by atomic mass is 10.1. The number of hydrogen-bond acceptors (Lipinski definition) is 4. The molecule has 2 heterocycles. The summed E-state index contributed by atoms with van der Waals surface area (Å²) >= 11 is 0. The number of hydrogen-bond donors (Lipinski definition) is 1. The molecule has 2 aromatic rings. The van der Waals surface area contributed by atoms with Crippen LogP contribution in [0.4, 0.5) is 5.69 Å². The van der Waals surface area contributed by atoms with E-state index in [9.17, 15) is 13.2 Å². The van der Waals surface area contributed by atoms with Gasteiger partial charge in [0, 0.05) is 37.6 Å². The molecule has 1 fully saturated rings. The van der Waals surface area contributed by atoms with Crippen molar-refractivity contribution >= 4 is 21.6 Å². The predicted molar refractivity (Wildman–Crippen MR) is 95.6 cm³/mol. The van der Waals surface area contributed by atoms with Gasteiger partial charge in [-0.3, -0.25) is 9.78 Å². The van der Waals surface area contributed by atoms with Crippen molar-refractivity contribution < 1.29 is 13.2 Å². The van der Waals surface area contributed by atoms with Gasteiger partial charge in [-0.2, -0.15) is 4.31 Å². The van der Waals surface area contributed by atoms with E-state index >= 15 is 0 Å². The molecule has 0 unspecified atom stereocenters. The highest BCUT2D eigenvalue weighted by molar-refractivity contribution is 7.89. The van der Waals surface area contributed by atoms with Gasteiger partial charge in [0.2, 0.25) is 15.9 Å². The fraction of sp³-hybridized carbons (Fsp3) is 0.333. The highest BCUT2D eigenvalue weighted by atomic mass is 32.2. The van der Waals surface area contributed by atoms with E-state index in [1.165, 1.54) is 4.31 Å². The molecule has 0 radical (unpaired) electrons. The van der Waals surface area contributed by atoms with Crippen molar-refractivity contribution in [1.29, 1.82) is 0 Å². The maximum absolute atomic E-state index is 12.5. The third-order valence-electron chi connectivity index (χ3n) is 4.23. The second-order valence-electron chi connectivity index (χ2n) is 6.04. The maximum atomic E-state index is 12.5. The average Bonchev–Trinajstić information content (AvgIpc) is 3.17. The quantitative estimate of drug-likeness (QED) is 0.859. The molecule has 1 aromatic carbocycles. The number of sulfonamides is 1. The van der Waals surface area contributed by atoms with Crippen molar-refractivity contribution in [2.45, 2.75) is 30.6 Å². The zero-order valence-corrected chi connectivity index (χ0v) is 14.7. The molecular weight excluding hydrogens is 338 g/mol. The lowest BCUT2D eigenvalue weighted by Crippen LogP contribution is -2.27. The van der Waals surface area contributed by atoms with Gasteiger partial charge in [0.1, 0.15) is 0 Å². The topological polar surface area (TPSA) is 79.4 Å². The van der Waals surface area contributed by atoms with Crippen molar-refractivity contribution in [3.05, 3.63) is 54.4 Å². The Morgan fingerprint density at radius 1 is 1.04 bits per heavy atom. The van der Waals surface area contributed by atoms with Crippen molar-refractivity contribution in [1.82, 2.24) is 9.29 Å². The van der Waals surface area contributed by atoms with Crippen LogP contribution in [0.25, 0.3) is 0 Å². The summed E-state index contributed by atoms with van der Waals surface area (Å²) in [5.41, 5.74) is 1.65. The van der Waals surface area contributed by atoms with Crippen molar-refractivity contribution in [3.63, 3.8) is 0 Å². The molecular formula is C18H21N3O3S. The summed E-state index contributed by atoms with van der Waals surface area (Å²) in [5.74, 6) is -0.0834. The first kappa shape index (κ1) is 17.6. The van der Waals surface area contributed by atoms with E-state index in [2.05, 4.69) is 10.3 Å². The largest absolute Gasteiger partial charge is 0.326 e. The van der Waals surface area contributed by atoms with Gasteiger partial charge < -0.3 is 5.32 Å². The summed E-state index contributed by atoms with van der Waals surface area (Å²) in [6.45, 7) is 1.19. The first-order valence-electron chi connectivity index (χ1n) is 8.35. The Balaban J connectivity index is 1.56. The predicted octanol–water partition coefficient (Wildman–Crippen LogP) is 2.44. The molecule has 0 bridgehead atoms. The maximum Gasteiger partial charge on any atom is 0.243 e. The van der Waals surface area contributed by atoms with Crippen molar-refractivity contribution in [2.24, 2.45) is 0 Å². The van der Waals surface area contributed by atoms with Crippen molar-refractivity contribution in [3.8, 4) is 0 Å².